The van der Waals surface area contributed by atoms with Crippen molar-refractivity contribution in [3.05, 3.63) is 0 Å². The zero-order valence-electron chi connectivity index (χ0n) is 6.77. The summed E-state index contributed by atoms with van der Waals surface area (Å²) in [5.41, 5.74) is -5.29. The first-order valence-corrected chi connectivity index (χ1v) is 14.1. The number of halogens is 3. The van der Waals surface area contributed by atoms with E-state index >= 15 is 0 Å². The van der Waals surface area contributed by atoms with E-state index in [1.807, 2.05) is 0 Å². The molecule has 8 heteroatoms. The number of alkyl halides is 3. The van der Waals surface area contributed by atoms with Crippen LogP contribution < -0.4 is 0 Å². The molecule has 0 spiro atoms. The van der Waals surface area contributed by atoms with Crippen LogP contribution >= 0.6 is 0 Å². The first-order chi connectivity index (χ1) is 4.96. The predicted molar refractivity (Wildman–Crippen MR) is 39.4 cm³/mol. The molecular formula is C4H9F3O3SSn. The molecule has 0 heterocycles. The van der Waals surface area contributed by atoms with E-state index in [0.29, 0.717) is 0 Å². The van der Waals surface area contributed by atoms with E-state index < -0.39 is 34.4 Å². The van der Waals surface area contributed by atoms with Gasteiger partial charge in [0.05, 0.1) is 0 Å². The molecule has 0 bridgehead atoms. The van der Waals surface area contributed by atoms with Crippen LogP contribution in [0.1, 0.15) is 0 Å². The van der Waals surface area contributed by atoms with Gasteiger partial charge in [-0.1, -0.05) is 0 Å². The van der Waals surface area contributed by atoms with Gasteiger partial charge in [-0.2, -0.15) is 0 Å². The molecule has 0 saturated heterocycles. The third kappa shape index (κ3) is 3.94. The summed E-state index contributed by atoms with van der Waals surface area (Å²) in [4.78, 5) is 4.29. The van der Waals surface area contributed by atoms with Crippen molar-refractivity contribution in [1.82, 2.24) is 0 Å². The molecule has 0 saturated carbocycles. The number of hydrogen-bond acceptors (Lipinski definition) is 3. The molecule has 74 valence electrons. The van der Waals surface area contributed by atoms with E-state index in [9.17, 15) is 21.6 Å². The van der Waals surface area contributed by atoms with Gasteiger partial charge in [-0.25, -0.2) is 0 Å². The van der Waals surface area contributed by atoms with E-state index in [1.165, 1.54) is 14.8 Å². The SMILES string of the molecule is [CH3][Sn]([CH3])([CH3])[O]S(=O)(=O)C(F)(F)F. The molecule has 0 atom stereocenters. The van der Waals surface area contributed by atoms with Crippen molar-refractivity contribution in [3.8, 4) is 0 Å². The second-order valence-electron chi connectivity index (χ2n) is 3.10. The van der Waals surface area contributed by atoms with E-state index in [1.54, 1.807) is 0 Å². The van der Waals surface area contributed by atoms with Crippen molar-refractivity contribution in [1.29, 1.82) is 0 Å². The Balaban J connectivity index is 4.70. The minimum absolute atomic E-state index is 1.43. The van der Waals surface area contributed by atoms with Gasteiger partial charge in [0.15, 0.2) is 0 Å². The topological polar surface area (TPSA) is 43.4 Å². The summed E-state index contributed by atoms with van der Waals surface area (Å²) in [6.07, 6.45) is 0. The minimum atomic E-state index is -5.36. The third-order valence-electron chi connectivity index (χ3n) is 0.643. The summed E-state index contributed by atoms with van der Waals surface area (Å²) in [5, 5.41) is 0. The zero-order valence-corrected chi connectivity index (χ0v) is 10.4. The standard InChI is InChI=1S/CHF3O3S.3CH3.Sn/c2-1(3,4)8(5,6)7;;;;/h(H,5,6,7);3*1H3;/q;;;;+1/p-1. The Morgan fingerprint density at radius 1 is 1.17 bits per heavy atom. The summed E-state index contributed by atoms with van der Waals surface area (Å²) in [5.74, 6) is 0. The maximum absolute atomic E-state index is 11.7. The molecule has 0 N–H and O–H groups in total. The summed E-state index contributed by atoms with van der Waals surface area (Å²) in [7, 11) is -5.36. The average molecular weight is 313 g/mol. The Morgan fingerprint density at radius 3 is 1.58 bits per heavy atom. The molecule has 0 aromatic rings. The van der Waals surface area contributed by atoms with Crippen LogP contribution in [0.25, 0.3) is 0 Å². The van der Waals surface area contributed by atoms with E-state index in [2.05, 4.69) is 2.52 Å². The van der Waals surface area contributed by atoms with E-state index in [-0.39, 0.29) is 0 Å². The van der Waals surface area contributed by atoms with Crippen LogP contribution in [0.15, 0.2) is 0 Å². The van der Waals surface area contributed by atoms with Crippen molar-refractivity contribution in [3.63, 3.8) is 0 Å². The molecule has 0 aromatic carbocycles. The molecule has 0 unspecified atom stereocenters. The van der Waals surface area contributed by atoms with Crippen LogP contribution in [0.3, 0.4) is 0 Å². The predicted octanol–water partition coefficient (Wildman–Crippen LogP) is 1.69. The summed E-state index contributed by atoms with van der Waals surface area (Å²) in [6.45, 7) is 0. The molecule has 0 aliphatic heterocycles. The molecular weight excluding hydrogens is 304 g/mol. The van der Waals surface area contributed by atoms with Crippen molar-refractivity contribution in [2.45, 2.75) is 20.3 Å². The van der Waals surface area contributed by atoms with Gasteiger partial charge in [0.2, 0.25) is 0 Å². The van der Waals surface area contributed by atoms with E-state index in [0.717, 1.165) is 0 Å². The van der Waals surface area contributed by atoms with Crippen LogP contribution in [0.5, 0.6) is 0 Å². The van der Waals surface area contributed by atoms with Gasteiger partial charge in [0.25, 0.3) is 0 Å². The fourth-order valence-corrected chi connectivity index (χ4v) is 7.57. The molecule has 12 heavy (non-hydrogen) atoms. The van der Waals surface area contributed by atoms with Crippen LogP contribution in [0, 0.1) is 0 Å². The van der Waals surface area contributed by atoms with Crippen LogP contribution in [-0.2, 0) is 12.6 Å². The summed E-state index contributed by atoms with van der Waals surface area (Å²) < 4.78 is 59.8. The van der Waals surface area contributed by atoms with Crippen molar-refractivity contribution in [2.75, 3.05) is 0 Å². The average Bonchev–Trinajstić information content (AvgIpc) is 1.52. The normalized spacial score (nSPS) is 14.8. The van der Waals surface area contributed by atoms with Gasteiger partial charge < -0.3 is 0 Å². The van der Waals surface area contributed by atoms with Gasteiger partial charge in [-0.3, -0.25) is 0 Å². The first kappa shape index (κ1) is 12.5. The second-order valence-corrected chi connectivity index (χ2v) is 18.1. The van der Waals surface area contributed by atoms with Gasteiger partial charge in [-0.15, -0.1) is 0 Å². The van der Waals surface area contributed by atoms with Crippen molar-refractivity contribution >= 4 is 28.9 Å². The molecule has 0 aromatic heterocycles. The molecule has 0 aliphatic carbocycles. The van der Waals surface area contributed by atoms with Crippen LogP contribution in [-0.4, -0.2) is 32.7 Å². The van der Waals surface area contributed by atoms with Gasteiger partial charge in [0.1, 0.15) is 0 Å². The third-order valence-corrected chi connectivity index (χ3v) is 8.09. The molecule has 0 fully saturated rings. The Bertz CT molecular complexity index is 250. The quantitative estimate of drug-likeness (QED) is 0.575. The van der Waals surface area contributed by atoms with Gasteiger partial charge in [-0.05, 0) is 0 Å². The van der Waals surface area contributed by atoms with E-state index in [4.69, 9.17) is 0 Å². The van der Waals surface area contributed by atoms with Crippen LogP contribution in [0.4, 0.5) is 13.2 Å². The Hall–Kier alpha value is 0.499. The summed E-state index contributed by atoms with van der Waals surface area (Å²) >= 11 is -3.40. The monoisotopic (exact) mass is 314 g/mol. The molecule has 0 radical (unpaired) electrons. The number of rotatable bonds is 2. The van der Waals surface area contributed by atoms with Crippen molar-refractivity contribution < 1.29 is 24.1 Å². The summed E-state index contributed by atoms with van der Waals surface area (Å²) in [6, 6.07) is 0. The maximum atomic E-state index is 11.7. The Labute approximate surface area is 73.4 Å². The Kier molecular flexibility index (Phi) is 3.47. The molecule has 3 nitrogen and oxygen atoms in total. The van der Waals surface area contributed by atoms with Gasteiger partial charge in [0, 0.05) is 0 Å². The fourth-order valence-electron chi connectivity index (χ4n) is 0.376. The first-order valence-electron chi connectivity index (χ1n) is 2.98. The molecule has 0 rings (SSSR count). The molecule has 0 amide bonds. The Morgan fingerprint density at radius 2 is 1.50 bits per heavy atom. The van der Waals surface area contributed by atoms with Gasteiger partial charge >= 0.3 is 73.3 Å². The zero-order chi connectivity index (χ0) is 10.2. The molecule has 0 aliphatic rings. The fraction of sp³-hybridized carbons (Fsp3) is 1.00. The van der Waals surface area contributed by atoms with Crippen molar-refractivity contribution in [2.24, 2.45) is 0 Å². The number of hydrogen-bond donors (Lipinski definition) is 0. The van der Waals surface area contributed by atoms with Crippen LogP contribution in [0.2, 0.25) is 14.8 Å². The second kappa shape index (κ2) is 3.33.